The van der Waals surface area contributed by atoms with Gasteiger partial charge in [-0.3, -0.25) is 4.68 Å². The Morgan fingerprint density at radius 2 is 2.31 bits per heavy atom. The summed E-state index contributed by atoms with van der Waals surface area (Å²) < 4.78 is 1.69. The monoisotopic (exact) mass is 239 g/mol. The Morgan fingerprint density at radius 3 is 2.75 bits per heavy atom. The van der Waals surface area contributed by atoms with E-state index in [9.17, 15) is 0 Å². The maximum atomic E-state index is 6.14. The van der Waals surface area contributed by atoms with Crippen LogP contribution in [0.4, 0.5) is 0 Å². The second-order valence-corrected chi connectivity index (χ2v) is 4.23. The summed E-state index contributed by atoms with van der Waals surface area (Å²) in [5.74, 6) is 2.67. The third-order valence-corrected chi connectivity index (χ3v) is 3.17. The Bertz CT molecular complexity index is 390. The molecule has 0 saturated carbocycles. The molecule has 0 aliphatic carbocycles. The zero-order chi connectivity index (χ0) is 12.1. The fourth-order valence-corrected chi connectivity index (χ4v) is 1.87. The van der Waals surface area contributed by atoms with E-state index in [4.69, 9.17) is 18.0 Å². The van der Waals surface area contributed by atoms with Crippen molar-refractivity contribution in [3.63, 3.8) is 0 Å². The molecule has 1 rings (SSSR count). The van der Waals surface area contributed by atoms with Gasteiger partial charge in [0.15, 0.2) is 0 Å². The summed E-state index contributed by atoms with van der Waals surface area (Å²) in [6, 6.07) is 0.348. The molecule has 1 aromatic heterocycles. The molecule has 0 fully saturated rings. The van der Waals surface area contributed by atoms with Crippen LogP contribution in [0.1, 0.15) is 31.0 Å². The van der Waals surface area contributed by atoms with Gasteiger partial charge in [-0.15, -0.1) is 12.3 Å². The Labute approximate surface area is 102 Å². The quantitative estimate of drug-likeness (QED) is 0.799. The zero-order valence-corrected chi connectivity index (χ0v) is 10.8. The van der Waals surface area contributed by atoms with E-state index in [2.05, 4.69) is 23.3 Å². The number of aromatic nitrogens is 2. The number of aryl methyl sites for hydroxylation is 2. The molecule has 1 aromatic rings. The maximum Gasteiger partial charge on any atom is 0.131 e. The number of rotatable bonds is 5. The Morgan fingerprint density at radius 1 is 1.62 bits per heavy atom. The zero-order valence-electron chi connectivity index (χ0n) is 10.0. The first-order chi connectivity index (χ1) is 7.60. The van der Waals surface area contributed by atoms with E-state index >= 15 is 0 Å². The lowest BCUT2D eigenvalue weighted by Gasteiger charge is -2.13. The molecule has 0 radical (unpaired) electrons. The summed E-state index contributed by atoms with van der Waals surface area (Å²) in [5.41, 5.74) is 2.02. The summed E-state index contributed by atoms with van der Waals surface area (Å²) in [4.78, 5) is 0. The van der Waals surface area contributed by atoms with Crippen molar-refractivity contribution in [2.24, 2.45) is 7.05 Å². The fraction of sp³-hybridized carbons (Fsp3) is 0.583. The van der Waals surface area contributed by atoms with Gasteiger partial charge in [-0.05, 0) is 13.3 Å². The molecule has 0 spiro atoms. The number of terminal acetylenes is 1. The molecular formula is C12H18ClN3. The van der Waals surface area contributed by atoms with Crippen molar-refractivity contribution in [1.29, 1.82) is 0 Å². The Balaban J connectivity index is 2.64. The van der Waals surface area contributed by atoms with Gasteiger partial charge < -0.3 is 5.32 Å². The topological polar surface area (TPSA) is 29.9 Å². The predicted molar refractivity (Wildman–Crippen MR) is 67.3 cm³/mol. The van der Waals surface area contributed by atoms with Gasteiger partial charge in [0.05, 0.1) is 5.69 Å². The van der Waals surface area contributed by atoms with Crippen molar-refractivity contribution in [2.75, 3.05) is 0 Å². The van der Waals surface area contributed by atoms with Crippen LogP contribution in [-0.4, -0.2) is 15.8 Å². The standard InChI is InChI=1S/C12H18ClN3/c1-5-7-10(6-2)14-8-11-9(3)15-16(4)12(11)13/h1,10,14H,6-8H2,2-4H3. The van der Waals surface area contributed by atoms with Gasteiger partial charge >= 0.3 is 0 Å². The highest BCUT2D eigenvalue weighted by Gasteiger charge is 2.12. The van der Waals surface area contributed by atoms with Crippen molar-refractivity contribution >= 4 is 11.6 Å². The Hall–Kier alpha value is -0.980. The highest BCUT2D eigenvalue weighted by molar-refractivity contribution is 6.30. The average Bonchev–Trinajstić information content (AvgIpc) is 2.49. The van der Waals surface area contributed by atoms with Crippen molar-refractivity contribution in [3.8, 4) is 12.3 Å². The number of hydrogen-bond donors (Lipinski definition) is 1. The van der Waals surface area contributed by atoms with Crippen molar-refractivity contribution in [1.82, 2.24) is 15.1 Å². The molecule has 88 valence electrons. The third kappa shape index (κ3) is 3.01. The summed E-state index contributed by atoms with van der Waals surface area (Å²) in [6.07, 6.45) is 7.06. The molecular weight excluding hydrogens is 222 g/mol. The van der Waals surface area contributed by atoms with Crippen LogP contribution in [0.15, 0.2) is 0 Å². The summed E-state index contributed by atoms with van der Waals surface area (Å²) >= 11 is 6.14. The first kappa shape index (κ1) is 13.1. The maximum absolute atomic E-state index is 6.14. The van der Waals surface area contributed by atoms with E-state index < -0.39 is 0 Å². The molecule has 1 heterocycles. The first-order valence-corrected chi connectivity index (χ1v) is 5.82. The Kier molecular flexibility index (Phi) is 4.85. The average molecular weight is 240 g/mol. The number of hydrogen-bond acceptors (Lipinski definition) is 2. The van der Waals surface area contributed by atoms with Gasteiger partial charge in [0.1, 0.15) is 5.15 Å². The largest absolute Gasteiger partial charge is 0.309 e. The van der Waals surface area contributed by atoms with Crippen LogP contribution in [0.3, 0.4) is 0 Å². The third-order valence-electron chi connectivity index (χ3n) is 2.69. The van der Waals surface area contributed by atoms with Gasteiger partial charge in [0.25, 0.3) is 0 Å². The molecule has 1 atom stereocenters. The molecule has 4 heteroatoms. The fourth-order valence-electron chi connectivity index (χ4n) is 1.62. The van der Waals surface area contributed by atoms with Crippen molar-refractivity contribution < 1.29 is 0 Å². The molecule has 0 bridgehead atoms. The normalized spacial score (nSPS) is 12.4. The lowest BCUT2D eigenvalue weighted by Crippen LogP contribution is -2.27. The van der Waals surface area contributed by atoms with E-state index in [0.29, 0.717) is 11.2 Å². The predicted octanol–water partition coefficient (Wildman–Crippen LogP) is 2.27. The number of halogens is 1. The minimum atomic E-state index is 0.348. The molecule has 0 saturated heterocycles. The lowest BCUT2D eigenvalue weighted by molar-refractivity contribution is 0.506. The molecule has 0 amide bonds. The highest BCUT2D eigenvalue weighted by atomic mass is 35.5. The van der Waals surface area contributed by atoms with Crippen molar-refractivity contribution in [3.05, 3.63) is 16.4 Å². The van der Waals surface area contributed by atoms with Crippen LogP contribution in [0.2, 0.25) is 5.15 Å². The summed E-state index contributed by atoms with van der Waals surface area (Å²) in [5, 5.41) is 8.36. The van der Waals surface area contributed by atoms with Gasteiger partial charge in [0.2, 0.25) is 0 Å². The number of nitrogens with one attached hydrogen (secondary N) is 1. The molecule has 3 nitrogen and oxygen atoms in total. The van der Waals surface area contributed by atoms with Crippen LogP contribution in [0.5, 0.6) is 0 Å². The van der Waals surface area contributed by atoms with Crippen molar-refractivity contribution in [2.45, 2.75) is 39.3 Å². The minimum Gasteiger partial charge on any atom is -0.309 e. The van der Waals surface area contributed by atoms with E-state index in [-0.39, 0.29) is 0 Å². The van der Waals surface area contributed by atoms with Crippen LogP contribution >= 0.6 is 11.6 Å². The molecule has 1 unspecified atom stereocenters. The SMILES string of the molecule is C#CCC(CC)NCc1c(C)nn(C)c1Cl. The van der Waals surface area contributed by atoms with Gasteiger partial charge in [-0.2, -0.15) is 5.10 Å². The minimum absolute atomic E-state index is 0.348. The second kappa shape index (κ2) is 5.93. The number of nitrogens with zero attached hydrogens (tertiary/aromatic N) is 2. The van der Waals surface area contributed by atoms with Gasteiger partial charge in [0, 0.05) is 31.6 Å². The molecule has 0 aliphatic heterocycles. The summed E-state index contributed by atoms with van der Waals surface area (Å²) in [6.45, 7) is 4.80. The molecule has 1 N–H and O–H groups in total. The van der Waals surface area contributed by atoms with Crippen LogP contribution in [0, 0.1) is 19.3 Å². The highest BCUT2D eigenvalue weighted by Crippen LogP contribution is 2.18. The van der Waals surface area contributed by atoms with E-state index in [0.717, 1.165) is 30.6 Å². The summed E-state index contributed by atoms with van der Waals surface area (Å²) in [7, 11) is 1.84. The van der Waals surface area contributed by atoms with E-state index in [1.807, 2.05) is 14.0 Å². The second-order valence-electron chi connectivity index (χ2n) is 3.87. The molecule has 0 aliphatic rings. The van der Waals surface area contributed by atoms with Crippen LogP contribution < -0.4 is 5.32 Å². The van der Waals surface area contributed by atoms with Gasteiger partial charge in [-0.25, -0.2) is 0 Å². The van der Waals surface area contributed by atoms with E-state index in [1.54, 1.807) is 4.68 Å². The first-order valence-electron chi connectivity index (χ1n) is 5.45. The molecule has 16 heavy (non-hydrogen) atoms. The van der Waals surface area contributed by atoms with Crippen LogP contribution in [0.25, 0.3) is 0 Å². The smallest absolute Gasteiger partial charge is 0.131 e. The van der Waals surface area contributed by atoms with Gasteiger partial charge in [-0.1, -0.05) is 18.5 Å². The van der Waals surface area contributed by atoms with Crippen LogP contribution in [-0.2, 0) is 13.6 Å². The lowest BCUT2D eigenvalue weighted by atomic mass is 10.1. The molecule has 0 aromatic carbocycles. The van der Waals surface area contributed by atoms with E-state index in [1.165, 1.54) is 0 Å².